The van der Waals surface area contributed by atoms with Crippen molar-refractivity contribution >= 4 is 62.0 Å². The van der Waals surface area contributed by atoms with Crippen LogP contribution in [0.1, 0.15) is 9.67 Å². The van der Waals surface area contributed by atoms with Crippen molar-refractivity contribution in [3.63, 3.8) is 0 Å². The highest BCUT2D eigenvalue weighted by Gasteiger charge is 2.18. The van der Waals surface area contributed by atoms with Crippen molar-refractivity contribution in [3.05, 3.63) is 45.4 Å². The molecule has 3 aromatic rings. The molecule has 0 unspecified atom stereocenters. The number of thiophene rings is 1. The number of hydrogen-bond donors (Lipinski definition) is 2. The van der Waals surface area contributed by atoms with Crippen LogP contribution < -0.4 is 11.1 Å². The Morgan fingerprint density at radius 2 is 2.10 bits per heavy atom. The highest BCUT2D eigenvalue weighted by Crippen LogP contribution is 2.34. The van der Waals surface area contributed by atoms with Crippen molar-refractivity contribution in [2.45, 2.75) is 0 Å². The van der Waals surface area contributed by atoms with Crippen molar-refractivity contribution in [2.24, 2.45) is 0 Å². The predicted octanol–water partition coefficient (Wildman–Crippen LogP) is 3.83. The molecule has 1 amide bonds. The second-order valence-electron chi connectivity index (χ2n) is 4.15. The Labute approximate surface area is 133 Å². The van der Waals surface area contributed by atoms with E-state index in [-0.39, 0.29) is 10.9 Å². The van der Waals surface area contributed by atoms with Crippen molar-refractivity contribution < 1.29 is 4.79 Å². The zero-order chi connectivity index (χ0) is 15.0. The van der Waals surface area contributed by atoms with E-state index in [0.717, 1.165) is 0 Å². The second kappa shape index (κ2) is 5.48. The summed E-state index contributed by atoms with van der Waals surface area (Å²) in [6.07, 6.45) is 1.53. The summed E-state index contributed by atoms with van der Waals surface area (Å²) in [6, 6.07) is 6.72. The number of amides is 1. The number of fused-ring (bicyclic) bond motifs is 1. The lowest BCUT2D eigenvalue weighted by molar-refractivity contribution is 0.103. The molecule has 0 atom stereocenters. The van der Waals surface area contributed by atoms with E-state index in [1.54, 1.807) is 24.3 Å². The number of halogens is 2. The van der Waals surface area contributed by atoms with E-state index in [1.165, 1.54) is 17.5 Å². The topological polar surface area (TPSA) is 80.9 Å². The number of benzene rings is 1. The van der Waals surface area contributed by atoms with Gasteiger partial charge in [-0.3, -0.25) is 4.79 Å². The lowest BCUT2D eigenvalue weighted by atomic mass is 10.2. The summed E-state index contributed by atoms with van der Waals surface area (Å²) in [5.41, 5.74) is 6.79. The largest absolute Gasteiger partial charge is 0.397 e. The summed E-state index contributed by atoms with van der Waals surface area (Å²) in [6.45, 7) is 0. The molecule has 3 N–H and O–H groups in total. The molecule has 0 aliphatic carbocycles. The molecule has 0 saturated heterocycles. The zero-order valence-corrected chi connectivity index (χ0v) is 12.8. The maximum atomic E-state index is 12.3. The summed E-state index contributed by atoms with van der Waals surface area (Å²) >= 11 is 13.1. The number of aromatic nitrogens is 2. The standard InChI is InChI=1S/C13H8Cl2N4OS/c14-7-2-1-3-8(9(7)15)18-12(20)11-10(16)6-4-5-17-19-13(6)21-11/h1-5H,16H2,(H,18,20). The maximum Gasteiger partial charge on any atom is 0.267 e. The zero-order valence-electron chi connectivity index (χ0n) is 10.4. The molecule has 0 spiro atoms. The van der Waals surface area contributed by atoms with Crippen molar-refractivity contribution in [1.29, 1.82) is 0 Å². The third kappa shape index (κ3) is 2.53. The summed E-state index contributed by atoms with van der Waals surface area (Å²) in [5.74, 6) is -0.361. The van der Waals surface area contributed by atoms with E-state index in [2.05, 4.69) is 15.5 Å². The molecule has 0 radical (unpaired) electrons. The first-order chi connectivity index (χ1) is 10.1. The highest BCUT2D eigenvalue weighted by molar-refractivity contribution is 7.21. The molecule has 3 rings (SSSR count). The van der Waals surface area contributed by atoms with Crippen LogP contribution in [0.5, 0.6) is 0 Å². The van der Waals surface area contributed by atoms with Gasteiger partial charge in [0.05, 0.1) is 27.6 Å². The first kappa shape index (κ1) is 14.1. The van der Waals surface area contributed by atoms with E-state index < -0.39 is 0 Å². The van der Waals surface area contributed by atoms with Crippen LogP contribution in [0.25, 0.3) is 10.2 Å². The van der Waals surface area contributed by atoms with E-state index in [9.17, 15) is 4.79 Å². The molecule has 21 heavy (non-hydrogen) atoms. The van der Waals surface area contributed by atoms with Crippen molar-refractivity contribution in [2.75, 3.05) is 11.1 Å². The van der Waals surface area contributed by atoms with Gasteiger partial charge in [0.2, 0.25) is 0 Å². The molecule has 8 heteroatoms. The van der Waals surface area contributed by atoms with Gasteiger partial charge in [-0.2, -0.15) is 5.10 Å². The van der Waals surface area contributed by atoms with Gasteiger partial charge in [-0.25, -0.2) is 0 Å². The Balaban J connectivity index is 1.97. The molecular formula is C13H8Cl2N4OS. The molecule has 0 bridgehead atoms. The molecular weight excluding hydrogens is 331 g/mol. The van der Waals surface area contributed by atoms with Gasteiger partial charge in [0, 0.05) is 5.39 Å². The van der Waals surface area contributed by atoms with Gasteiger partial charge in [0.15, 0.2) is 0 Å². The number of hydrogen-bond acceptors (Lipinski definition) is 5. The van der Waals surface area contributed by atoms with Crippen LogP contribution in [0, 0.1) is 0 Å². The normalized spacial score (nSPS) is 10.8. The number of anilines is 2. The molecule has 1 aromatic carbocycles. The van der Waals surface area contributed by atoms with Gasteiger partial charge < -0.3 is 11.1 Å². The average molecular weight is 339 g/mol. The molecule has 106 valence electrons. The predicted molar refractivity (Wildman–Crippen MR) is 86.2 cm³/mol. The van der Waals surface area contributed by atoms with Crippen LogP contribution >= 0.6 is 34.5 Å². The fourth-order valence-electron chi connectivity index (χ4n) is 1.82. The lowest BCUT2D eigenvalue weighted by Gasteiger charge is -2.07. The van der Waals surface area contributed by atoms with Crippen LogP contribution in [-0.4, -0.2) is 16.1 Å². The van der Waals surface area contributed by atoms with Crippen molar-refractivity contribution in [1.82, 2.24) is 10.2 Å². The van der Waals surface area contributed by atoms with E-state index in [0.29, 0.717) is 31.5 Å². The monoisotopic (exact) mass is 338 g/mol. The van der Waals surface area contributed by atoms with Crippen LogP contribution in [0.3, 0.4) is 0 Å². The van der Waals surface area contributed by atoms with Crippen LogP contribution in [0.2, 0.25) is 10.0 Å². The molecule has 5 nitrogen and oxygen atoms in total. The minimum absolute atomic E-state index is 0.284. The Morgan fingerprint density at radius 3 is 2.86 bits per heavy atom. The van der Waals surface area contributed by atoms with E-state index in [1.807, 2.05) is 0 Å². The van der Waals surface area contributed by atoms with Crippen LogP contribution in [0.15, 0.2) is 30.5 Å². The van der Waals surface area contributed by atoms with Crippen molar-refractivity contribution in [3.8, 4) is 0 Å². The Hall–Kier alpha value is -1.89. The summed E-state index contributed by atoms with van der Waals surface area (Å²) in [5, 5.41) is 11.8. The first-order valence-corrected chi connectivity index (χ1v) is 7.40. The van der Waals surface area contributed by atoms with Crippen LogP contribution in [-0.2, 0) is 0 Å². The summed E-state index contributed by atoms with van der Waals surface area (Å²) in [7, 11) is 0. The number of nitrogens with zero attached hydrogens (tertiary/aromatic N) is 2. The minimum Gasteiger partial charge on any atom is -0.397 e. The highest BCUT2D eigenvalue weighted by atomic mass is 35.5. The number of nitrogens with two attached hydrogens (primary N) is 1. The third-order valence-corrected chi connectivity index (χ3v) is 4.75. The number of nitrogens with one attached hydrogen (secondary N) is 1. The second-order valence-corrected chi connectivity index (χ2v) is 5.93. The Kier molecular flexibility index (Phi) is 3.67. The number of carbonyl (C=O) groups is 1. The Bertz CT molecular complexity index is 849. The molecule has 2 heterocycles. The number of nitrogen functional groups attached to an aromatic ring is 1. The first-order valence-electron chi connectivity index (χ1n) is 5.83. The molecule has 0 aliphatic heterocycles. The fraction of sp³-hybridized carbons (Fsp3) is 0. The third-order valence-electron chi connectivity index (χ3n) is 2.83. The van der Waals surface area contributed by atoms with Crippen LogP contribution in [0.4, 0.5) is 11.4 Å². The Morgan fingerprint density at radius 1 is 1.29 bits per heavy atom. The minimum atomic E-state index is -0.361. The lowest BCUT2D eigenvalue weighted by Crippen LogP contribution is -2.12. The quantitative estimate of drug-likeness (QED) is 0.743. The number of carbonyl (C=O) groups excluding carboxylic acids is 1. The molecule has 0 saturated carbocycles. The number of rotatable bonds is 2. The molecule has 0 aliphatic rings. The van der Waals surface area contributed by atoms with Gasteiger partial charge in [-0.15, -0.1) is 16.4 Å². The van der Waals surface area contributed by atoms with Gasteiger partial charge in [-0.1, -0.05) is 29.3 Å². The van der Waals surface area contributed by atoms with E-state index >= 15 is 0 Å². The molecule has 0 fully saturated rings. The van der Waals surface area contributed by atoms with E-state index in [4.69, 9.17) is 28.9 Å². The van der Waals surface area contributed by atoms with Gasteiger partial charge in [0.25, 0.3) is 5.91 Å². The maximum absolute atomic E-state index is 12.3. The smallest absolute Gasteiger partial charge is 0.267 e. The summed E-state index contributed by atoms with van der Waals surface area (Å²) in [4.78, 5) is 13.3. The molecule has 2 aromatic heterocycles. The SMILES string of the molecule is Nc1c(C(=O)Nc2cccc(Cl)c2Cl)sc2nnccc12. The van der Waals surface area contributed by atoms with Gasteiger partial charge >= 0.3 is 0 Å². The summed E-state index contributed by atoms with van der Waals surface area (Å²) < 4.78 is 0. The van der Waals surface area contributed by atoms with Gasteiger partial charge in [-0.05, 0) is 18.2 Å². The average Bonchev–Trinajstić information content (AvgIpc) is 2.82. The van der Waals surface area contributed by atoms with Gasteiger partial charge in [0.1, 0.15) is 9.71 Å². The fourth-order valence-corrected chi connectivity index (χ4v) is 3.10.